The first-order valence-electron chi connectivity index (χ1n) is 0.783. The van der Waals surface area contributed by atoms with Crippen LogP contribution < -0.4 is 0 Å². The second kappa shape index (κ2) is 5.85. The third-order valence-corrected chi connectivity index (χ3v) is 0. The van der Waals surface area contributed by atoms with Crippen molar-refractivity contribution in [3.8, 4) is 0 Å². The zero-order chi connectivity index (χ0) is 4.50. The fourth-order valence-corrected chi connectivity index (χ4v) is 0. The SMILES string of the molecule is O=P(O)(O)O.S.[CaH2]. The maximum absolute atomic E-state index is 8.88. The van der Waals surface area contributed by atoms with Gasteiger partial charge >= 0.3 is 45.6 Å². The maximum atomic E-state index is 8.88. The van der Waals surface area contributed by atoms with Gasteiger partial charge in [-0.05, 0) is 0 Å². The molecule has 0 saturated carbocycles. The number of hydrogen-bond donors (Lipinski definition) is 3. The van der Waals surface area contributed by atoms with Crippen molar-refractivity contribution in [2.24, 2.45) is 0 Å². The van der Waals surface area contributed by atoms with Gasteiger partial charge in [-0.1, -0.05) is 0 Å². The molecule has 0 spiro atoms. The molecule has 44 valence electrons. The molecule has 0 atom stereocenters. The molecule has 3 N–H and O–H groups in total. The van der Waals surface area contributed by atoms with Gasteiger partial charge in [-0.2, -0.15) is 13.5 Å². The van der Waals surface area contributed by atoms with Crippen LogP contribution in [0.3, 0.4) is 0 Å². The van der Waals surface area contributed by atoms with E-state index in [2.05, 4.69) is 0 Å². The standard InChI is InChI=1S/Ca.H3O4P.H2S.2H/c;1-5(2,3)4;;;/h;(H3,1,2,3,4);1H2;;. The van der Waals surface area contributed by atoms with E-state index in [1.165, 1.54) is 0 Å². The first-order chi connectivity index (χ1) is 2.00. The summed E-state index contributed by atoms with van der Waals surface area (Å²) >= 11 is 0. The zero-order valence-electron chi connectivity index (χ0n) is 2.70. The van der Waals surface area contributed by atoms with Gasteiger partial charge in [0.2, 0.25) is 0 Å². The van der Waals surface area contributed by atoms with Crippen molar-refractivity contribution in [3.63, 3.8) is 0 Å². The van der Waals surface area contributed by atoms with Gasteiger partial charge in [0.05, 0.1) is 0 Å². The van der Waals surface area contributed by atoms with E-state index in [1.54, 1.807) is 0 Å². The predicted octanol–water partition coefficient (Wildman–Crippen LogP) is -1.73. The summed E-state index contributed by atoms with van der Waals surface area (Å²) in [5, 5.41) is 0. The third kappa shape index (κ3) is 85.4. The summed E-state index contributed by atoms with van der Waals surface area (Å²) in [6.07, 6.45) is 0. The van der Waals surface area contributed by atoms with E-state index in [0.29, 0.717) is 0 Å². The van der Waals surface area contributed by atoms with E-state index in [9.17, 15) is 0 Å². The van der Waals surface area contributed by atoms with E-state index in [-0.39, 0.29) is 51.2 Å². The Labute approximate surface area is 77.6 Å². The molecule has 7 heteroatoms. The molecule has 0 amide bonds. The van der Waals surface area contributed by atoms with Crippen molar-refractivity contribution in [2.75, 3.05) is 0 Å². The average molecular weight is 174 g/mol. The van der Waals surface area contributed by atoms with Crippen LogP contribution in [0.25, 0.3) is 0 Å². The summed E-state index contributed by atoms with van der Waals surface area (Å²) in [6.45, 7) is 0. The molecule has 0 aliphatic rings. The second-order valence-electron chi connectivity index (χ2n) is 0.513. The van der Waals surface area contributed by atoms with Gasteiger partial charge in [0, 0.05) is 0 Å². The summed E-state index contributed by atoms with van der Waals surface area (Å²) in [7, 11) is -4.64. The van der Waals surface area contributed by atoms with E-state index < -0.39 is 7.82 Å². The topological polar surface area (TPSA) is 77.8 Å². The quantitative estimate of drug-likeness (QED) is 0.301. The minimum absolute atomic E-state index is 0. The summed E-state index contributed by atoms with van der Waals surface area (Å²) in [4.78, 5) is 21.6. The molecule has 0 radical (unpaired) electrons. The number of phosphoric acid groups is 1. The van der Waals surface area contributed by atoms with Crippen molar-refractivity contribution in [3.05, 3.63) is 0 Å². The van der Waals surface area contributed by atoms with Crippen molar-refractivity contribution in [1.82, 2.24) is 0 Å². The summed E-state index contributed by atoms with van der Waals surface area (Å²) in [6, 6.07) is 0. The Balaban J connectivity index is -0.0000000800. The molecule has 0 bridgehead atoms. The molecule has 0 aromatic rings. The molecule has 0 aromatic heterocycles. The summed E-state index contributed by atoms with van der Waals surface area (Å²) in [5.74, 6) is 0. The van der Waals surface area contributed by atoms with Gasteiger partial charge < -0.3 is 14.7 Å². The molecule has 7 heavy (non-hydrogen) atoms. The third-order valence-electron chi connectivity index (χ3n) is 0. The first-order valence-corrected chi connectivity index (χ1v) is 2.35. The van der Waals surface area contributed by atoms with Crippen LogP contribution in [0.5, 0.6) is 0 Å². The Bertz CT molecular complexity index is 57.8. The summed E-state index contributed by atoms with van der Waals surface area (Å²) < 4.78 is 8.88. The van der Waals surface area contributed by atoms with Crippen molar-refractivity contribution in [1.29, 1.82) is 0 Å². The molecule has 0 aliphatic carbocycles. The van der Waals surface area contributed by atoms with Crippen LogP contribution in [0.15, 0.2) is 0 Å². The van der Waals surface area contributed by atoms with Crippen LogP contribution in [-0.4, -0.2) is 52.4 Å². The molecular weight excluding hydrogens is 167 g/mol. The van der Waals surface area contributed by atoms with Crippen molar-refractivity contribution < 1.29 is 19.2 Å². The Morgan fingerprint density at radius 1 is 1.14 bits per heavy atom. The Kier molecular flexibility index (Phi) is 13.3. The second-order valence-corrected chi connectivity index (χ2v) is 1.54. The van der Waals surface area contributed by atoms with Gasteiger partial charge in [-0.25, -0.2) is 4.57 Å². The molecule has 0 aliphatic heterocycles. The molecule has 0 aromatic carbocycles. The van der Waals surface area contributed by atoms with Gasteiger partial charge in [-0.15, -0.1) is 0 Å². The fourth-order valence-electron chi connectivity index (χ4n) is 0. The number of hydrogen-bond acceptors (Lipinski definition) is 1. The van der Waals surface area contributed by atoms with Gasteiger partial charge in [0.1, 0.15) is 0 Å². The predicted molar refractivity (Wildman–Crippen MR) is 33.2 cm³/mol. The molecule has 0 saturated heterocycles. The summed E-state index contributed by atoms with van der Waals surface area (Å²) in [5.41, 5.74) is 0. The molecular formula is H7CaO4PS. The van der Waals surface area contributed by atoms with Crippen molar-refractivity contribution in [2.45, 2.75) is 0 Å². The van der Waals surface area contributed by atoms with Crippen LogP contribution in [0.1, 0.15) is 0 Å². The number of rotatable bonds is 0. The van der Waals surface area contributed by atoms with Crippen molar-refractivity contribution >= 4 is 59.1 Å². The van der Waals surface area contributed by atoms with Gasteiger partial charge in [0.15, 0.2) is 0 Å². The fraction of sp³-hybridized carbons (Fsp3) is 0. The van der Waals surface area contributed by atoms with Crippen LogP contribution in [0.4, 0.5) is 0 Å². The molecule has 0 fully saturated rings. The molecule has 0 rings (SSSR count). The van der Waals surface area contributed by atoms with Crippen LogP contribution >= 0.6 is 21.3 Å². The van der Waals surface area contributed by atoms with Crippen LogP contribution in [-0.2, 0) is 4.57 Å². The van der Waals surface area contributed by atoms with E-state index >= 15 is 0 Å². The molecule has 0 heterocycles. The van der Waals surface area contributed by atoms with E-state index in [0.717, 1.165) is 0 Å². The van der Waals surface area contributed by atoms with Crippen LogP contribution in [0, 0.1) is 0 Å². The Morgan fingerprint density at radius 3 is 1.14 bits per heavy atom. The average Bonchev–Trinajstić information content (AvgIpc) is 0.722. The van der Waals surface area contributed by atoms with Gasteiger partial charge in [0.25, 0.3) is 0 Å². The van der Waals surface area contributed by atoms with E-state index in [1.807, 2.05) is 0 Å². The Hall–Kier alpha value is 1.72. The monoisotopic (exact) mass is 174 g/mol. The Morgan fingerprint density at radius 2 is 1.14 bits per heavy atom. The first kappa shape index (κ1) is 15.9. The minimum atomic E-state index is -4.64. The zero-order valence-corrected chi connectivity index (χ0v) is 4.59. The van der Waals surface area contributed by atoms with Gasteiger partial charge in [-0.3, -0.25) is 0 Å². The normalized spacial score (nSPS) is 8.43. The molecule has 0 unspecified atom stereocenters. The van der Waals surface area contributed by atoms with E-state index in [4.69, 9.17) is 19.2 Å². The van der Waals surface area contributed by atoms with Crippen LogP contribution in [0.2, 0.25) is 0 Å². The molecule has 4 nitrogen and oxygen atoms in total.